The predicted molar refractivity (Wildman–Crippen MR) is 131 cm³/mol. The predicted octanol–water partition coefficient (Wildman–Crippen LogP) is 5.92. The lowest BCUT2D eigenvalue weighted by Gasteiger charge is -2.37. The molecule has 0 saturated heterocycles. The molecule has 13 heteroatoms. The van der Waals surface area contributed by atoms with Gasteiger partial charge in [-0.15, -0.1) is 0 Å². The molecular formula is C25H27F4N3O5S. The van der Waals surface area contributed by atoms with E-state index in [9.17, 15) is 36.0 Å². The molecule has 3 rings (SSSR count). The van der Waals surface area contributed by atoms with Crippen molar-refractivity contribution in [3.8, 4) is 11.8 Å². The first-order valence-corrected chi connectivity index (χ1v) is 12.9. The molecule has 0 spiro atoms. The highest BCUT2D eigenvalue weighted by atomic mass is 32.2. The van der Waals surface area contributed by atoms with Crippen molar-refractivity contribution in [3.63, 3.8) is 0 Å². The molecule has 0 aliphatic carbocycles. The number of hydrogen-bond acceptors (Lipinski definition) is 6. The van der Waals surface area contributed by atoms with E-state index in [0.29, 0.717) is 13.8 Å². The average molecular weight is 558 g/mol. The molecular weight excluding hydrogens is 530 g/mol. The van der Waals surface area contributed by atoms with E-state index in [4.69, 9.17) is 4.74 Å². The van der Waals surface area contributed by atoms with Gasteiger partial charge in [0.25, 0.3) is 10.0 Å². The number of benzene rings is 2. The number of halogens is 4. The van der Waals surface area contributed by atoms with Crippen molar-refractivity contribution in [1.82, 2.24) is 0 Å². The summed E-state index contributed by atoms with van der Waals surface area (Å²) in [5.41, 5.74) is -3.58. The largest absolute Gasteiger partial charge is 0.486 e. The third-order valence-corrected chi connectivity index (χ3v) is 7.70. The molecule has 1 atom stereocenters. The molecule has 0 radical (unpaired) electrons. The Morgan fingerprint density at radius 2 is 1.84 bits per heavy atom. The molecule has 2 aromatic rings. The number of rotatable bonds is 6. The zero-order chi connectivity index (χ0) is 28.7. The third-order valence-electron chi connectivity index (χ3n) is 5.93. The minimum atomic E-state index is -4.82. The summed E-state index contributed by atoms with van der Waals surface area (Å²) in [4.78, 5) is 12.0. The Kier molecular flexibility index (Phi) is 7.62. The zero-order valence-corrected chi connectivity index (χ0v) is 22.1. The maximum absolute atomic E-state index is 13.8. The average Bonchev–Trinajstić information content (AvgIpc) is 2.79. The van der Waals surface area contributed by atoms with Gasteiger partial charge in [0.2, 0.25) is 5.60 Å². The van der Waals surface area contributed by atoms with Gasteiger partial charge in [0, 0.05) is 12.1 Å². The van der Waals surface area contributed by atoms with Crippen LogP contribution in [0.4, 0.5) is 33.7 Å². The minimum absolute atomic E-state index is 0.00845. The first-order valence-electron chi connectivity index (χ1n) is 11.4. The Bertz CT molecular complexity index is 1380. The molecule has 1 amide bonds. The van der Waals surface area contributed by atoms with Crippen LogP contribution in [0.2, 0.25) is 0 Å². The van der Waals surface area contributed by atoms with Crippen LogP contribution in [0, 0.1) is 29.5 Å². The molecule has 8 nitrogen and oxygen atoms in total. The van der Waals surface area contributed by atoms with Gasteiger partial charge in [0.1, 0.15) is 17.7 Å². The quantitative estimate of drug-likeness (QED) is 0.442. The zero-order valence-electron chi connectivity index (χ0n) is 21.3. The normalized spacial score (nSPS) is 16.2. The van der Waals surface area contributed by atoms with Gasteiger partial charge >= 0.3 is 12.3 Å². The second kappa shape index (κ2) is 9.98. The highest BCUT2D eigenvalue weighted by Crippen LogP contribution is 2.41. The van der Waals surface area contributed by atoms with Crippen LogP contribution >= 0.6 is 0 Å². The van der Waals surface area contributed by atoms with Crippen molar-refractivity contribution in [3.05, 3.63) is 47.8 Å². The van der Waals surface area contributed by atoms with Crippen molar-refractivity contribution in [2.45, 2.75) is 63.8 Å². The van der Waals surface area contributed by atoms with Gasteiger partial charge in [-0.25, -0.2) is 17.6 Å². The van der Waals surface area contributed by atoms with E-state index in [0.717, 1.165) is 16.4 Å². The van der Waals surface area contributed by atoms with Crippen LogP contribution in [0.25, 0.3) is 0 Å². The fourth-order valence-electron chi connectivity index (χ4n) is 3.68. The highest BCUT2D eigenvalue weighted by Gasteiger charge is 2.51. The van der Waals surface area contributed by atoms with Crippen molar-refractivity contribution >= 4 is 27.5 Å². The van der Waals surface area contributed by atoms with Crippen LogP contribution < -0.4 is 14.4 Å². The lowest BCUT2D eigenvalue weighted by Crippen LogP contribution is -2.45. The third kappa shape index (κ3) is 6.12. The summed E-state index contributed by atoms with van der Waals surface area (Å²) in [7, 11) is -4.29. The van der Waals surface area contributed by atoms with Crippen LogP contribution in [0.5, 0.6) is 5.75 Å². The Labute approximate surface area is 218 Å². The fourth-order valence-corrected chi connectivity index (χ4v) is 5.26. The molecule has 2 aromatic carbocycles. The molecule has 1 aliphatic rings. The first-order chi connectivity index (χ1) is 17.4. The summed E-state index contributed by atoms with van der Waals surface area (Å²) in [6.45, 7) is 5.93. The Morgan fingerprint density at radius 3 is 2.42 bits per heavy atom. The number of fused-ring (bicyclic) bond motifs is 1. The summed E-state index contributed by atoms with van der Waals surface area (Å²) < 4.78 is 91.9. The van der Waals surface area contributed by atoms with E-state index in [2.05, 4.69) is 16.1 Å². The van der Waals surface area contributed by atoms with Gasteiger partial charge in [-0.3, -0.25) is 9.62 Å². The van der Waals surface area contributed by atoms with E-state index < -0.39 is 45.2 Å². The number of nitrogens with zero attached hydrogens (tertiary/aromatic N) is 2. The number of carbonyl (C=O) groups is 1. The van der Waals surface area contributed by atoms with Crippen LogP contribution in [-0.4, -0.2) is 38.9 Å². The lowest BCUT2D eigenvalue weighted by atomic mass is 9.88. The van der Waals surface area contributed by atoms with Gasteiger partial charge in [-0.05, 0) is 76.6 Å². The SMILES string of the molecule is Cc1cc(S(=O)(=O)N2C[C@@H](CC(C)(C)C#N)Oc3ccc(NC(=O)OC(C)(C)C(F)(F)F)cc32)ccc1F. The van der Waals surface area contributed by atoms with E-state index in [-0.39, 0.29) is 40.5 Å². The van der Waals surface area contributed by atoms with Gasteiger partial charge in [0.15, 0.2) is 0 Å². The van der Waals surface area contributed by atoms with E-state index in [1.54, 1.807) is 13.8 Å². The maximum atomic E-state index is 13.8. The van der Waals surface area contributed by atoms with Crippen molar-refractivity contribution in [1.29, 1.82) is 5.26 Å². The maximum Gasteiger partial charge on any atom is 0.427 e. The van der Waals surface area contributed by atoms with E-state index in [1.807, 2.05) is 0 Å². The molecule has 0 aromatic heterocycles. The molecule has 0 bridgehead atoms. The van der Waals surface area contributed by atoms with Crippen LogP contribution in [0.15, 0.2) is 41.3 Å². The standard InChI is InChI=1S/C25H27F4N3O5S/c1-15-10-18(7-8-19(15)26)38(34,35)32-13-17(12-23(2,3)14-30)36-21-9-6-16(11-20(21)32)31-22(33)37-24(4,5)25(27,28)29/h6-11,17H,12-13H2,1-5H3,(H,31,33)/t17-/m1/s1. The number of nitriles is 1. The molecule has 1 N–H and O–H groups in total. The van der Waals surface area contributed by atoms with Gasteiger partial charge in [-0.1, -0.05) is 0 Å². The second-order valence-electron chi connectivity index (χ2n) is 10.1. The van der Waals surface area contributed by atoms with Gasteiger partial charge in [-0.2, -0.15) is 18.4 Å². The second-order valence-corrected chi connectivity index (χ2v) is 12.0. The van der Waals surface area contributed by atoms with Crippen LogP contribution in [0.3, 0.4) is 0 Å². The molecule has 0 saturated carbocycles. The molecule has 206 valence electrons. The number of nitrogens with one attached hydrogen (secondary N) is 1. The topological polar surface area (TPSA) is 109 Å². The van der Waals surface area contributed by atoms with Crippen molar-refractivity contribution < 1.29 is 40.2 Å². The number of anilines is 2. The molecule has 1 aliphatic heterocycles. The summed E-state index contributed by atoms with van der Waals surface area (Å²) in [5, 5.41) is 11.6. The smallest absolute Gasteiger partial charge is 0.427 e. The number of sulfonamides is 1. The summed E-state index contributed by atoms with van der Waals surface area (Å²) in [5.74, 6) is -0.487. The van der Waals surface area contributed by atoms with Crippen molar-refractivity contribution in [2.75, 3.05) is 16.2 Å². The number of amides is 1. The Morgan fingerprint density at radius 1 is 1.18 bits per heavy atom. The number of carbonyl (C=O) groups excluding carboxylic acids is 1. The molecule has 38 heavy (non-hydrogen) atoms. The number of alkyl halides is 3. The number of aryl methyl sites for hydroxylation is 1. The van der Waals surface area contributed by atoms with Gasteiger partial charge in [0.05, 0.1) is 28.6 Å². The Hall–Kier alpha value is -3.53. The molecule has 0 fully saturated rings. The highest BCUT2D eigenvalue weighted by molar-refractivity contribution is 7.92. The summed E-state index contributed by atoms with van der Waals surface area (Å²) in [6, 6.07) is 9.33. The fraction of sp³-hybridized carbons (Fsp3) is 0.440. The number of ether oxygens (including phenoxy) is 2. The monoisotopic (exact) mass is 557 g/mol. The summed E-state index contributed by atoms with van der Waals surface area (Å²) in [6.07, 6.45) is -6.78. The van der Waals surface area contributed by atoms with Gasteiger partial charge < -0.3 is 9.47 Å². The summed E-state index contributed by atoms with van der Waals surface area (Å²) >= 11 is 0. The number of hydrogen-bond donors (Lipinski definition) is 1. The van der Waals surface area contributed by atoms with Crippen LogP contribution in [-0.2, 0) is 14.8 Å². The van der Waals surface area contributed by atoms with Crippen LogP contribution in [0.1, 0.15) is 39.7 Å². The lowest BCUT2D eigenvalue weighted by molar-refractivity contribution is -0.242. The van der Waals surface area contributed by atoms with Crippen molar-refractivity contribution in [2.24, 2.45) is 5.41 Å². The first kappa shape index (κ1) is 29.0. The minimum Gasteiger partial charge on any atom is -0.486 e. The Balaban J connectivity index is 2.01. The van der Waals surface area contributed by atoms with E-state index >= 15 is 0 Å². The molecule has 0 unspecified atom stereocenters. The molecule has 1 heterocycles. The van der Waals surface area contributed by atoms with E-state index in [1.165, 1.54) is 31.2 Å².